The van der Waals surface area contributed by atoms with E-state index in [-0.39, 0.29) is 7.30 Å². The van der Waals surface area contributed by atoms with Gasteiger partial charge in [-0.1, -0.05) is 46.4 Å². The molecule has 2 rings (SSSR count). The summed E-state index contributed by atoms with van der Waals surface area (Å²) in [5, 5.41) is 5.54. The van der Waals surface area contributed by atoms with E-state index in [0.717, 1.165) is 16.5 Å². The zero-order chi connectivity index (χ0) is 15.8. The van der Waals surface area contributed by atoms with Crippen molar-refractivity contribution in [1.82, 2.24) is 0 Å². The van der Waals surface area contributed by atoms with Gasteiger partial charge in [-0.15, -0.1) is 45.0 Å². The van der Waals surface area contributed by atoms with Crippen LogP contribution in [0.1, 0.15) is 5.56 Å². The van der Waals surface area contributed by atoms with Crippen LogP contribution in [0.15, 0.2) is 42.5 Å². The summed E-state index contributed by atoms with van der Waals surface area (Å²) in [5.74, 6) is 0. The molecule has 7 unspecified atom stereocenters. The van der Waals surface area contributed by atoms with Gasteiger partial charge in [-0.2, -0.15) is 0 Å². The van der Waals surface area contributed by atoms with Crippen molar-refractivity contribution in [2.24, 2.45) is 0 Å². The normalized spacial score (nSPS) is 11.4. The minimum absolute atomic E-state index is 0.119. The molecule has 0 saturated heterocycles. The fourth-order valence-corrected chi connectivity index (χ4v) is 5.71. The van der Waals surface area contributed by atoms with E-state index in [1.54, 1.807) is 0 Å². The van der Waals surface area contributed by atoms with Crippen LogP contribution in [0.2, 0.25) is 0 Å². The molecule has 0 bridgehead atoms. The molecule has 114 valence electrons. The summed E-state index contributed by atoms with van der Waals surface area (Å²) < 4.78 is 0. The van der Waals surface area contributed by atoms with Gasteiger partial charge in [0.25, 0.3) is 0 Å². The number of hydrogen-bond donors (Lipinski definition) is 0. The zero-order valence-electron chi connectivity index (χ0n) is 11.9. The Bertz CT molecular complexity index is 553. The molecule has 0 nitrogen and oxygen atoms in total. The Kier molecular flexibility index (Phi) is 11.4. The van der Waals surface area contributed by atoms with Crippen LogP contribution in [-0.2, 0) is 0 Å². The van der Waals surface area contributed by atoms with Crippen LogP contribution in [0.4, 0.5) is 0 Å². The van der Waals surface area contributed by atoms with Gasteiger partial charge in [0.05, 0.1) is 0 Å². The van der Waals surface area contributed by atoms with Gasteiger partial charge in [0.15, 0.2) is 0 Å². The Morgan fingerprint density at radius 2 is 1.43 bits per heavy atom. The molecule has 0 amide bonds. The number of aryl methyl sites for hydroxylation is 1. The summed E-state index contributed by atoms with van der Waals surface area (Å²) in [6, 6.07) is 15.4. The van der Waals surface area contributed by atoms with Gasteiger partial charge in [-0.05, 0) is 53.6 Å². The molecule has 0 radical (unpaired) electrons. The minimum Gasteiger partial charge on any atom is -0.110 e. The molecule has 0 spiro atoms. The zero-order valence-corrected chi connectivity index (χ0v) is 20.5. The average Bonchev–Trinajstić information content (AvgIpc) is 2.48. The van der Waals surface area contributed by atoms with E-state index in [0.29, 0.717) is 0 Å². The second kappa shape index (κ2) is 11.4. The Balaban J connectivity index is 0.000000219. The van der Waals surface area contributed by atoms with Gasteiger partial charge >= 0.3 is 0 Å². The van der Waals surface area contributed by atoms with Crippen molar-refractivity contribution in [2.45, 2.75) is 6.92 Å². The standard InChI is InChI=1S/C7H10P2.C6H12P6/c1-6-2-4-7(9-8)5-3-6;7-4-1-5(11-8)3-6(2-4)12(9)10/h2-5,9H,8H2,1H3;1-3,11H,7-10H2. The number of rotatable bonds is 3. The van der Waals surface area contributed by atoms with Gasteiger partial charge in [-0.3, -0.25) is 0 Å². The Morgan fingerprint density at radius 3 is 1.90 bits per heavy atom. The van der Waals surface area contributed by atoms with Crippen LogP contribution in [0, 0.1) is 6.92 Å². The van der Waals surface area contributed by atoms with Crippen molar-refractivity contribution in [3.63, 3.8) is 0 Å². The average molecular weight is 426 g/mol. The maximum Gasteiger partial charge on any atom is -0.0151 e. The third-order valence-corrected chi connectivity index (χ3v) is 8.89. The van der Waals surface area contributed by atoms with Crippen molar-refractivity contribution in [1.29, 1.82) is 0 Å². The molecule has 0 heterocycles. The van der Waals surface area contributed by atoms with Gasteiger partial charge in [0.2, 0.25) is 0 Å². The maximum absolute atomic E-state index is 2.85. The molecular weight excluding hydrogens is 404 g/mol. The van der Waals surface area contributed by atoms with Crippen LogP contribution < -0.4 is 21.2 Å². The quantitative estimate of drug-likeness (QED) is 0.650. The lowest BCUT2D eigenvalue weighted by atomic mass is 10.2. The molecule has 0 saturated carbocycles. The molecular formula is C13H22P8. The number of benzene rings is 2. The van der Waals surface area contributed by atoms with Gasteiger partial charge in [0.1, 0.15) is 0 Å². The third-order valence-electron chi connectivity index (χ3n) is 2.62. The summed E-state index contributed by atoms with van der Waals surface area (Å²) in [6.45, 7) is 2.11. The first kappa shape index (κ1) is 20.9. The third kappa shape index (κ3) is 8.51. The molecule has 0 N–H and O–H groups in total. The Hall–Kier alpha value is 1.88. The maximum atomic E-state index is 2.85. The summed E-state index contributed by atoms with van der Waals surface area (Å²) >= 11 is 0. The van der Waals surface area contributed by atoms with E-state index < -0.39 is 0 Å². The summed E-state index contributed by atoms with van der Waals surface area (Å²) in [4.78, 5) is 0. The molecule has 8 heteroatoms. The van der Waals surface area contributed by atoms with Crippen molar-refractivity contribution >= 4 is 90.0 Å². The second-order valence-electron chi connectivity index (χ2n) is 4.38. The second-order valence-corrected chi connectivity index (χ2v) is 15.0. The highest BCUT2D eigenvalue weighted by Gasteiger charge is 2.01. The van der Waals surface area contributed by atoms with Gasteiger partial charge < -0.3 is 0 Å². The molecule has 21 heavy (non-hydrogen) atoms. The minimum atomic E-state index is -0.119. The molecule has 2 aromatic rings. The summed E-state index contributed by atoms with van der Waals surface area (Å²) in [5.41, 5.74) is 1.34. The lowest BCUT2D eigenvalue weighted by molar-refractivity contribution is 1.49. The monoisotopic (exact) mass is 426 g/mol. The van der Waals surface area contributed by atoms with Crippen LogP contribution in [0.25, 0.3) is 0 Å². The predicted molar refractivity (Wildman–Crippen MR) is 128 cm³/mol. The van der Waals surface area contributed by atoms with Crippen molar-refractivity contribution in [3.05, 3.63) is 48.0 Å². The van der Waals surface area contributed by atoms with E-state index >= 15 is 0 Å². The smallest absolute Gasteiger partial charge is 0.0151 e. The van der Waals surface area contributed by atoms with E-state index in [9.17, 15) is 0 Å². The topological polar surface area (TPSA) is 0 Å². The van der Waals surface area contributed by atoms with Crippen LogP contribution in [0.5, 0.6) is 0 Å². The fraction of sp³-hybridized carbons (Fsp3) is 0.0769. The first-order chi connectivity index (χ1) is 9.96. The van der Waals surface area contributed by atoms with Gasteiger partial charge in [0, 0.05) is 0 Å². The highest BCUT2D eigenvalue weighted by atomic mass is 32.4. The summed E-state index contributed by atoms with van der Waals surface area (Å²) in [7, 11) is 15.5. The lowest BCUT2D eigenvalue weighted by Crippen LogP contribution is -2.11. The molecule has 2 aromatic carbocycles. The van der Waals surface area contributed by atoms with Gasteiger partial charge in [-0.25, -0.2) is 0 Å². The predicted octanol–water partition coefficient (Wildman–Crippen LogP) is 4.06. The van der Waals surface area contributed by atoms with Crippen molar-refractivity contribution in [2.75, 3.05) is 0 Å². The fourth-order valence-electron chi connectivity index (χ4n) is 1.52. The summed E-state index contributed by atoms with van der Waals surface area (Å²) in [6.07, 6.45) is 0. The number of hydrogen-bond acceptors (Lipinski definition) is 0. The lowest BCUT2D eigenvalue weighted by Gasteiger charge is -2.08. The Morgan fingerprint density at radius 1 is 0.857 bits per heavy atom. The molecule has 0 aromatic heterocycles. The SMILES string of the molecule is Cc1ccc(PP)cc1.PPc1cc(P)cc(P(P)P)c1. The largest absolute Gasteiger partial charge is 0.110 e. The van der Waals surface area contributed by atoms with Crippen LogP contribution in [-0.4, -0.2) is 0 Å². The molecule has 0 fully saturated rings. The van der Waals surface area contributed by atoms with E-state index in [2.05, 4.69) is 94.3 Å². The molecule has 0 aliphatic carbocycles. The highest BCUT2D eigenvalue weighted by molar-refractivity contribution is 8.46. The first-order valence-corrected chi connectivity index (χ1v) is 16.9. The first-order valence-electron chi connectivity index (χ1n) is 6.16. The van der Waals surface area contributed by atoms with Crippen LogP contribution >= 0.6 is 68.8 Å². The van der Waals surface area contributed by atoms with E-state index in [4.69, 9.17) is 0 Å². The van der Waals surface area contributed by atoms with Crippen molar-refractivity contribution in [3.8, 4) is 0 Å². The van der Waals surface area contributed by atoms with Crippen molar-refractivity contribution < 1.29 is 0 Å². The molecule has 0 aliphatic rings. The van der Waals surface area contributed by atoms with E-state index in [1.807, 2.05) is 0 Å². The molecule has 7 atom stereocenters. The van der Waals surface area contributed by atoms with E-state index in [1.165, 1.54) is 26.8 Å². The molecule has 0 aliphatic heterocycles. The Labute approximate surface area is 144 Å². The highest BCUT2D eigenvalue weighted by Crippen LogP contribution is 2.51. The van der Waals surface area contributed by atoms with Crippen LogP contribution in [0.3, 0.4) is 0 Å².